The summed E-state index contributed by atoms with van der Waals surface area (Å²) in [6.07, 6.45) is 0. The first-order valence-corrected chi connectivity index (χ1v) is 7.19. The number of hydrogen-bond acceptors (Lipinski definition) is 6. The van der Waals surface area contributed by atoms with Crippen molar-refractivity contribution in [3.8, 4) is 5.75 Å². The zero-order valence-corrected chi connectivity index (χ0v) is 13.1. The van der Waals surface area contributed by atoms with Crippen LogP contribution >= 0.6 is 0 Å². The van der Waals surface area contributed by atoms with Crippen molar-refractivity contribution in [2.24, 2.45) is 0 Å². The van der Waals surface area contributed by atoms with E-state index < -0.39 is 24.5 Å². The molecule has 126 valence electrons. The summed E-state index contributed by atoms with van der Waals surface area (Å²) in [5.41, 5.74) is 0. The van der Waals surface area contributed by atoms with Crippen molar-refractivity contribution in [2.45, 2.75) is 0 Å². The second kappa shape index (κ2) is 8.52. The van der Waals surface area contributed by atoms with Gasteiger partial charge in [0.2, 0.25) is 0 Å². The monoisotopic (exact) mass is 331 g/mol. The van der Waals surface area contributed by atoms with E-state index in [0.29, 0.717) is 5.75 Å². The van der Waals surface area contributed by atoms with Crippen molar-refractivity contribution in [2.75, 3.05) is 26.9 Å². The molecular weight excluding hydrogens is 314 g/mol. The van der Waals surface area contributed by atoms with Crippen molar-refractivity contribution in [3.63, 3.8) is 0 Å². The lowest BCUT2D eigenvalue weighted by molar-refractivity contribution is -0.150. The molecule has 1 amide bonds. The number of hydrogen-bond donors (Lipinski definition) is 1. The molecule has 2 aromatic carbocycles. The molecule has 0 fully saturated rings. The van der Waals surface area contributed by atoms with Gasteiger partial charge in [0.05, 0.1) is 7.11 Å². The number of fused-ring (bicyclic) bond motifs is 1. The molecule has 0 bridgehead atoms. The number of carbonyl (C=O) groups is 3. The fourth-order valence-corrected chi connectivity index (χ4v) is 1.88. The first-order valence-electron chi connectivity index (χ1n) is 7.19. The third-order valence-electron chi connectivity index (χ3n) is 3.10. The number of methoxy groups -OCH3 is 1. The highest BCUT2D eigenvalue weighted by atomic mass is 16.6. The number of ether oxygens (including phenoxy) is 3. The molecular formula is C17H17NO6. The highest BCUT2D eigenvalue weighted by Gasteiger charge is 2.10. The summed E-state index contributed by atoms with van der Waals surface area (Å²) < 4.78 is 14.5. The molecule has 0 spiro atoms. The standard InChI is InChI=1S/C17H17NO6/c1-22-16(20)9-18-15(19)10-24-17(21)11-23-14-7-6-12-4-2-3-5-13(12)8-14/h2-8H,9-11H2,1H3,(H,18,19). The molecule has 1 N–H and O–H groups in total. The Morgan fingerprint density at radius 1 is 0.958 bits per heavy atom. The van der Waals surface area contributed by atoms with Crippen LogP contribution in [-0.4, -0.2) is 44.7 Å². The van der Waals surface area contributed by atoms with Gasteiger partial charge in [-0.1, -0.05) is 30.3 Å². The molecule has 0 aliphatic rings. The molecule has 0 unspecified atom stereocenters. The number of rotatable bonds is 7. The van der Waals surface area contributed by atoms with Gasteiger partial charge in [-0.3, -0.25) is 9.59 Å². The zero-order valence-electron chi connectivity index (χ0n) is 13.1. The third-order valence-corrected chi connectivity index (χ3v) is 3.10. The number of carbonyl (C=O) groups excluding carboxylic acids is 3. The summed E-state index contributed by atoms with van der Waals surface area (Å²) in [5.74, 6) is -1.34. The van der Waals surface area contributed by atoms with Gasteiger partial charge in [-0.05, 0) is 22.9 Å². The van der Waals surface area contributed by atoms with E-state index in [0.717, 1.165) is 10.8 Å². The van der Waals surface area contributed by atoms with Gasteiger partial charge in [0.1, 0.15) is 12.3 Å². The highest BCUT2D eigenvalue weighted by Crippen LogP contribution is 2.20. The van der Waals surface area contributed by atoms with Gasteiger partial charge in [-0.25, -0.2) is 4.79 Å². The van der Waals surface area contributed by atoms with E-state index >= 15 is 0 Å². The van der Waals surface area contributed by atoms with E-state index in [1.165, 1.54) is 7.11 Å². The van der Waals surface area contributed by atoms with Gasteiger partial charge in [-0.15, -0.1) is 0 Å². The van der Waals surface area contributed by atoms with Gasteiger partial charge in [0, 0.05) is 0 Å². The Balaban J connectivity index is 1.74. The predicted molar refractivity (Wildman–Crippen MR) is 85.4 cm³/mol. The SMILES string of the molecule is COC(=O)CNC(=O)COC(=O)COc1ccc2ccccc2c1. The molecule has 2 aromatic rings. The van der Waals surface area contributed by atoms with E-state index in [1.807, 2.05) is 36.4 Å². The fraction of sp³-hybridized carbons (Fsp3) is 0.235. The summed E-state index contributed by atoms with van der Waals surface area (Å²) in [6, 6.07) is 13.2. The van der Waals surface area contributed by atoms with Crippen LogP contribution in [0.3, 0.4) is 0 Å². The highest BCUT2D eigenvalue weighted by molar-refractivity contribution is 5.85. The first kappa shape index (κ1) is 17.3. The summed E-state index contributed by atoms with van der Waals surface area (Å²) in [4.78, 5) is 33.8. The molecule has 2 rings (SSSR count). The molecule has 0 aromatic heterocycles. The van der Waals surface area contributed by atoms with E-state index in [4.69, 9.17) is 9.47 Å². The molecule has 0 atom stereocenters. The minimum absolute atomic E-state index is 0.277. The van der Waals surface area contributed by atoms with Crippen LogP contribution in [-0.2, 0) is 23.9 Å². The average molecular weight is 331 g/mol. The maximum absolute atomic E-state index is 11.6. The van der Waals surface area contributed by atoms with Crippen LogP contribution in [0.25, 0.3) is 10.8 Å². The topological polar surface area (TPSA) is 90.9 Å². The number of benzene rings is 2. The molecule has 0 aliphatic carbocycles. The molecule has 7 heteroatoms. The van der Waals surface area contributed by atoms with Crippen molar-refractivity contribution >= 4 is 28.6 Å². The predicted octanol–water partition coefficient (Wildman–Crippen LogP) is 1.05. The first-order chi connectivity index (χ1) is 11.6. The second-order valence-electron chi connectivity index (χ2n) is 4.81. The Morgan fingerprint density at radius 3 is 2.46 bits per heavy atom. The van der Waals surface area contributed by atoms with Crippen LogP contribution in [0.4, 0.5) is 0 Å². The van der Waals surface area contributed by atoms with Crippen molar-refractivity contribution in [1.82, 2.24) is 5.32 Å². The maximum atomic E-state index is 11.6. The fourth-order valence-electron chi connectivity index (χ4n) is 1.88. The number of nitrogens with one attached hydrogen (secondary N) is 1. The van der Waals surface area contributed by atoms with Crippen molar-refractivity contribution in [1.29, 1.82) is 0 Å². The van der Waals surface area contributed by atoms with Gasteiger partial charge >= 0.3 is 11.9 Å². The molecule has 0 aliphatic heterocycles. The lowest BCUT2D eigenvalue weighted by Crippen LogP contribution is -2.34. The lowest BCUT2D eigenvalue weighted by atomic mass is 10.1. The Bertz CT molecular complexity index is 743. The van der Waals surface area contributed by atoms with Gasteiger partial charge < -0.3 is 19.5 Å². The second-order valence-corrected chi connectivity index (χ2v) is 4.81. The van der Waals surface area contributed by atoms with Crippen molar-refractivity contribution < 1.29 is 28.6 Å². The number of amides is 1. The Morgan fingerprint density at radius 2 is 1.71 bits per heavy atom. The van der Waals surface area contributed by atoms with E-state index in [1.54, 1.807) is 6.07 Å². The van der Waals surface area contributed by atoms with Crippen LogP contribution in [0.15, 0.2) is 42.5 Å². The van der Waals surface area contributed by atoms with Crippen LogP contribution in [0.1, 0.15) is 0 Å². The Hall–Kier alpha value is -3.09. The van der Waals surface area contributed by atoms with E-state index in [-0.39, 0.29) is 13.2 Å². The molecule has 24 heavy (non-hydrogen) atoms. The third kappa shape index (κ3) is 5.28. The molecule has 0 saturated heterocycles. The quantitative estimate of drug-likeness (QED) is 0.763. The van der Waals surface area contributed by atoms with Gasteiger partial charge in [-0.2, -0.15) is 0 Å². The average Bonchev–Trinajstić information content (AvgIpc) is 2.62. The molecule has 7 nitrogen and oxygen atoms in total. The Labute approximate surface area is 138 Å². The van der Waals surface area contributed by atoms with Crippen LogP contribution in [0, 0.1) is 0 Å². The van der Waals surface area contributed by atoms with Crippen LogP contribution < -0.4 is 10.1 Å². The largest absolute Gasteiger partial charge is 0.482 e. The lowest BCUT2D eigenvalue weighted by Gasteiger charge is -2.08. The normalized spacial score (nSPS) is 10.0. The van der Waals surface area contributed by atoms with Gasteiger partial charge in [0.15, 0.2) is 13.2 Å². The van der Waals surface area contributed by atoms with Crippen molar-refractivity contribution in [3.05, 3.63) is 42.5 Å². The summed E-state index contributed by atoms with van der Waals surface area (Å²) in [6.45, 7) is -1.08. The minimum Gasteiger partial charge on any atom is -0.482 e. The van der Waals surface area contributed by atoms with Crippen LogP contribution in [0.5, 0.6) is 5.75 Å². The van der Waals surface area contributed by atoms with Crippen LogP contribution in [0.2, 0.25) is 0 Å². The number of esters is 2. The minimum atomic E-state index is -0.684. The molecule has 0 radical (unpaired) electrons. The summed E-state index contributed by atoms with van der Waals surface area (Å²) >= 11 is 0. The summed E-state index contributed by atoms with van der Waals surface area (Å²) in [5, 5.41) is 4.31. The zero-order chi connectivity index (χ0) is 17.4. The smallest absolute Gasteiger partial charge is 0.344 e. The molecule has 0 saturated carbocycles. The Kier molecular flexibility index (Phi) is 6.13. The van der Waals surface area contributed by atoms with E-state index in [9.17, 15) is 14.4 Å². The molecule has 0 heterocycles. The maximum Gasteiger partial charge on any atom is 0.344 e. The van der Waals surface area contributed by atoms with Gasteiger partial charge in [0.25, 0.3) is 5.91 Å². The van der Waals surface area contributed by atoms with E-state index in [2.05, 4.69) is 10.1 Å². The summed E-state index contributed by atoms with van der Waals surface area (Å²) in [7, 11) is 1.21.